The van der Waals surface area contributed by atoms with E-state index in [0.29, 0.717) is 18.8 Å². The number of carbonyl (C=O) groups excluding carboxylic acids is 3. The molecule has 0 aliphatic rings. The highest BCUT2D eigenvalue weighted by Gasteiger charge is 2.24. The maximum atomic E-state index is 12.9. The van der Waals surface area contributed by atoms with Gasteiger partial charge in [0, 0.05) is 25.8 Å². The molecule has 1 rings (SSSR count). The number of rotatable bonds is 7. The highest BCUT2D eigenvalue weighted by molar-refractivity contribution is 5.91. The number of benzene rings is 1. The second kappa shape index (κ2) is 12.4. The second-order valence-electron chi connectivity index (χ2n) is 5.94. The van der Waals surface area contributed by atoms with Gasteiger partial charge in [0.05, 0.1) is 0 Å². The second-order valence-corrected chi connectivity index (χ2v) is 5.94. The molecule has 0 heterocycles. The molecule has 0 atom stereocenters. The number of hydrogen-bond donors (Lipinski definition) is 4. The van der Waals surface area contributed by atoms with Gasteiger partial charge in [-0.15, -0.1) is 5.12 Å². The first-order valence-corrected chi connectivity index (χ1v) is 9.21. The van der Waals surface area contributed by atoms with E-state index in [1.807, 2.05) is 19.9 Å². The van der Waals surface area contributed by atoms with Gasteiger partial charge in [0.15, 0.2) is 0 Å². The van der Waals surface area contributed by atoms with Crippen LogP contribution in [0.2, 0.25) is 0 Å². The van der Waals surface area contributed by atoms with Crippen LogP contribution >= 0.6 is 0 Å². The van der Waals surface area contributed by atoms with Gasteiger partial charge in [-0.25, -0.2) is 25.2 Å². The lowest BCUT2D eigenvalue weighted by molar-refractivity contribution is 0.109. The molecule has 4 N–H and O–H groups in total. The number of nitrogens with zero attached hydrogens (tertiary/aromatic N) is 2. The highest BCUT2D eigenvalue weighted by Crippen LogP contribution is 2.05. The molecular formula is C18H30N6O3. The molecule has 9 heteroatoms. The van der Waals surface area contributed by atoms with E-state index < -0.39 is 18.1 Å². The third-order valence-corrected chi connectivity index (χ3v) is 3.71. The summed E-state index contributed by atoms with van der Waals surface area (Å²) < 4.78 is 0. The normalized spacial score (nSPS) is 9.89. The van der Waals surface area contributed by atoms with Gasteiger partial charge < -0.3 is 15.5 Å². The van der Waals surface area contributed by atoms with Crippen LogP contribution in [0.25, 0.3) is 0 Å². The maximum absolute atomic E-state index is 12.9. The Balaban J connectivity index is 2.84. The Labute approximate surface area is 160 Å². The fourth-order valence-corrected chi connectivity index (χ4v) is 2.21. The molecule has 0 unspecified atom stereocenters. The fourth-order valence-electron chi connectivity index (χ4n) is 2.21. The number of amides is 6. The van der Waals surface area contributed by atoms with E-state index in [4.69, 9.17) is 0 Å². The lowest BCUT2D eigenvalue weighted by atomic mass is 10.3. The zero-order valence-electron chi connectivity index (χ0n) is 16.2. The van der Waals surface area contributed by atoms with E-state index in [9.17, 15) is 14.4 Å². The highest BCUT2D eigenvalue weighted by atomic mass is 16.2. The van der Waals surface area contributed by atoms with Crippen LogP contribution in [0.4, 0.5) is 20.1 Å². The van der Waals surface area contributed by atoms with Crippen molar-refractivity contribution in [1.29, 1.82) is 0 Å². The van der Waals surface area contributed by atoms with Crippen LogP contribution in [-0.2, 0) is 0 Å². The number of para-hydroxylation sites is 1. The van der Waals surface area contributed by atoms with E-state index in [-0.39, 0.29) is 0 Å². The number of hydrogen-bond acceptors (Lipinski definition) is 3. The predicted molar refractivity (Wildman–Crippen MR) is 105 cm³/mol. The standard InChI is InChI=1S/C18H30N6O3/c1-4-6-13-23(14-7-5-2)18(27)24(21-16(25)19-3)22-17(26)20-15-11-9-8-10-12-15/h8-12H,4-7,13-14H2,1-3H3,(H2,19,21,25)(H2,20,22,26). The topological polar surface area (TPSA) is 106 Å². The number of unbranched alkanes of at least 4 members (excludes halogenated alkanes) is 2. The molecule has 1 aromatic carbocycles. The zero-order chi connectivity index (χ0) is 20.1. The largest absolute Gasteiger partial charge is 0.358 e. The Morgan fingerprint density at radius 1 is 0.889 bits per heavy atom. The molecule has 0 bridgehead atoms. The minimum Gasteiger partial charge on any atom is -0.340 e. The number of hydrazine groups is 2. The first kappa shape index (κ1) is 22.1. The number of anilines is 1. The molecule has 6 amide bonds. The molecular weight excluding hydrogens is 348 g/mol. The molecule has 0 spiro atoms. The predicted octanol–water partition coefficient (Wildman–Crippen LogP) is 2.89. The quantitative estimate of drug-likeness (QED) is 0.548. The fraction of sp³-hybridized carbons (Fsp3) is 0.500. The lowest BCUT2D eigenvalue weighted by Crippen LogP contribution is -2.62. The van der Waals surface area contributed by atoms with Crippen LogP contribution in [0.1, 0.15) is 39.5 Å². The van der Waals surface area contributed by atoms with Crippen molar-refractivity contribution in [2.24, 2.45) is 0 Å². The van der Waals surface area contributed by atoms with Crippen LogP contribution in [0, 0.1) is 0 Å². The third-order valence-electron chi connectivity index (χ3n) is 3.71. The maximum Gasteiger partial charge on any atom is 0.358 e. The summed E-state index contributed by atoms with van der Waals surface area (Å²) in [7, 11) is 1.42. The minimum absolute atomic E-state index is 0.497. The summed E-state index contributed by atoms with van der Waals surface area (Å²) in [5, 5.41) is 5.78. The van der Waals surface area contributed by atoms with Crippen LogP contribution in [0.15, 0.2) is 30.3 Å². The van der Waals surface area contributed by atoms with Gasteiger partial charge in [-0.2, -0.15) is 0 Å². The van der Waals surface area contributed by atoms with Crippen molar-refractivity contribution in [2.45, 2.75) is 39.5 Å². The van der Waals surface area contributed by atoms with Gasteiger partial charge in [-0.05, 0) is 25.0 Å². The van der Waals surface area contributed by atoms with Crippen LogP contribution in [0.3, 0.4) is 0 Å². The van der Waals surface area contributed by atoms with E-state index in [2.05, 4.69) is 21.5 Å². The molecule has 0 saturated carbocycles. The van der Waals surface area contributed by atoms with Crippen LogP contribution < -0.4 is 21.5 Å². The lowest BCUT2D eigenvalue weighted by Gasteiger charge is -2.30. The van der Waals surface area contributed by atoms with Crippen molar-refractivity contribution in [1.82, 2.24) is 26.2 Å². The summed E-state index contributed by atoms with van der Waals surface area (Å²) in [5.74, 6) is 0. The van der Waals surface area contributed by atoms with Gasteiger partial charge in [0.1, 0.15) is 0 Å². The van der Waals surface area contributed by atoms with E-state index in [0.717, 1.165) is 30.8 Å². The van der Waals surface area contributed by atoms with Crippen LogP contribution in [0.5, 0.6) is 0 Å². The van der Waals surface area contributed by atoms with Gasteiger partial charge in [0.2, 0.25) is 0 Å². The summed E-state index contributed by atoms with van der Waals surface area (Å²) in [5.41, 5.74) is 5.29. The minimum atomic E-state index is -0.642. The Hall–Kier alpha value is -2.97. The first-order chi connectivity index (χ1) is 13.0. The summed E-state index contributed by atoms with van der Waals surface area (Å²) in [4.78, 5) is 38.4. The van der Waals surface area contributed by atoms with E-state index >= 15 is 0 Å². The number of carbonyl (C=O) groups is 3. The summed E-state index contributed by atoms with van der Waals surface area (Å²) in [6, 6.07) is 7.05. The molecule has 0 aromatic heterocycles. The Morgan fingerprint density at radius 2 is 1.44 bits per heavy atom. The first-order valence-electron chi connectivity index (χ1n) is 9.21. The van der Waals surface area contributed by atoms with Gasteiger partial charge >= 0.3 is 18.1 Å². The van der Waals surface area contributed by atoms with E-state index in [1.165, 1.54) is 7.05 Å². The Bertz CT molecular complexity index is 588. The SMILES string of the molecule is CCCCN(CCCC)C(=O)N(NC(=O)NC)NC(=O)Nc1ccccc1. The van der Waals surface area contributed by atoms with Crippen molar-refractivity contribution in [3.05, 3.63) is 30.3 Å². The number of urea groups is 3. The monoisotopic (exact) mass is 378 g/mol. The van der Waals surface area contributed by atoms with Gasteiger partial charge in [-0.1, -0.05) is 44.9 Å². The zero-order valence-corrected chi connectivity index (χ0v) is 16.2. The molecule has 1 aromatic rings. The summed E-state index contributed by atoms with van der Waals surface area (Å²) in [6.45, 7) is 5.16. The molecule has 0 aliphatic carbocycles. The van der Waals surface area contributed by atoms with Gasteiger partial charge in [0.25, 0.3) is 0 Å². The Morgan fingerprint density at radius 3 is 1.96 bits per heavy atom. The molecule has 0 aliphatic heterocycles. The van der Waals surface area contributed by atoms with Crippen molar-refractivity contribution < 1.29 is 14.4 Å². The third kappa shape index (κ3) is 8.30. The molecule has 0 saturated heterocycles. The van der Waals surface area contributed by atoms with Crippen molar-refractivity contribution in [3.8, 4) is 0 Å². The summed E-state index contributed by atoms with van der Waals surface area (Å²) in [6.07, 6.45) is 3.53. The number of nitrogens with one attached hydrogen (secondary N) is 4. The smallest absolute Gasteiger partial charge is 0.340 e. The average Bonchev–Trinajstić information content (AvgIpc) is 2.67. The Kier molecular flexibility index (Phi) is 10.1. The molecule has 27 heavy (non-hydrogen) atoms. The molecule has 150 valence electrons. The molecule has 0 fully saturated rings. The summed E-state index contributed by atoms with van der Waals surface area (Å²) >= 11 is 0. The molecule has 9 nitrogen and oxygen atoms in total. The van der Waals surface area contributed by atoms with Crippen LogP contribution in [-0.4, -0.2) is 48.2 Å². The van der Waals surface area contributed by atoms with Crippen molar-refractivity contribution >= 4 is 23.8 Å². The van der Waals surface area contributed by atoms with E-state index in [1.54, 1.807) is 29.2 Å². The van der Waals surface area contributed by atoms with Crippen molar-refractivity contribution in [2.75, 3.05) is 25.5 Å². The average molecular weight is 378 g/mol. The van der Waals surface area contributed by atoms with Crippen molar-refractivity contribution in [3.63, 3.8) is 0 Å². The van der Waals surface area contributed by atoms with Gasteiger partial charge in [-0.3, -0.25) is 0 Å². The molecule has 0 radical (unpaired) electrons.